The van der Waals surface area contributed by atoms with E-state index in [9.17, 15) is 10.1 Å². The molecule has 0 bridgehead atoms. The number of aromatic nitrogens is 2. The van der Waals surface area contributed by atoms with Gasteiger partial charge in [-0.25, -0.2) is 0 Å². The normalized spacial score (nSPS) is 24.6. The highest BCUT2D eigenvalue weighted by Crippen LogP contribution is 2.28. The zero-order chi connectivity index (χ0) is 13.1. The average molecular weight is 254 g/mol. The van der Waals surface area contributed by atoms with Gasteiger partial charge in [0.2, 0.25) is 6.33 Å². The van der Waals surface area contributed by atoms with Crippen LogP contribution in [0, 0.1) is 10.1 Å². The fraction of sp³-hybridized carbons (Fsp3) is 0.727. The molecule has 7 nitrogen and oxygen atoms in total. The lowest BCUT2D eigenvalue weighted by Gasteiger charge is -2.22. The number of imidazole rings is 1. The fourth-order valence-electron chi connectivity index (χ4n) is 2.26. The van der Waals surface area contributed by atoms with E-state index in [1.165, 1.54) is 10.9 Å². The first-order chi connectivity index (χ1) is 8.59. The van der Waals surface area contributed by atoms with Gasteiger partial charge in [0.1, 0.15) is 6.10 Å². The predicted molar refractivity (Wildman–Crippen MR) is 65.3 cm³/mol. The molecule has 1 heterocycles. The largest absolute Gasteiger partial charge is 0.468 e. The number of nitrogens with two attached hydrogens (primary N) is 1. The van der Waals surface area contributed by atoms with Crippen molar-refractivity contribution in [1.29, 1.82) is 0 Å². The highest BCUT2D eigenvalue weighted by atomic mass is 16.6. The molecule has 0 radical (unpaired) electrons. The monoisotopic (exact) mass is 254 g/mol. The SMILES string of the molecule is Cn1cnc([N+](=O)[O-])c1OC1CCCCCC1N. The van der Waals surface area contributed by atoms with E-state index < -0.39 is 4.92 Å². The molecule has 0 aliphatic heterocycles. The third-order valence-electron chi connectivity index (χ3n) is 3.30. The summed E-state index contributed by atoms with van der Waals surface area (Å²) in [7, 11) is 1.68. The van der Waals surface area contributed by atoms with Gasteiger partial charge in [-0.3, -0.25) is 4.57 Å². The van der Waals surface area contributed by atoms with Crippen LogP contribution in [0.15, 0.2) is 6.33 Å². The van der Waals surface area contributed by atoms with Gasteiger partial charge in [0.25, 0.3) is 5.88 Å². The molecular formula is C11H18N4O3. The third-order valence-corrected chi connectivity index (χ3v) is 3.30. The molecule has 0 amide bonds. The van der Waals surface area contributed by atoms with Crippen molar-refractivity contribution in [2.75, 3.05) is 0 Å². The predicted octanol–water partition coefficient (Wildman–Crippen LogP) is 1.37. The zero-order valence-corrected chi connectivity index (χ0v) is 10.4. The number of ether oxygens (including phenoxy) is 1. The Morgan fingerprint density at radius 3 is 2.94 bits per heavy atom. The van der Waals surface area contributed by atoms with E-state index in [0.717, 1.165) is 32.1 Å². The van der Waals surface area contributed by atoms with Gasteiger partial charge >= 0.3 is 5.82 Å². The van der Waals surface area contributed by atoms with Crippen molar-refractivity contribution >= 4 is 5.82 Å². The van der Waals surface area contributed by atoms with Crippen LogP contribution in [0.3, 0.4) is 0 Å². The van der Waals surface area contributed by atoms with Gasteiger partial charge in [0.05, 0.1) is 0 Å². The number of nitro groups is 1. The van der Waals surface area contributed by atoms with E-state index in [4.69, 9.17) is 10.5 Å². The zero-order valence-electron chi connectivity index (χ0n) is 10.4. The molecule has 1 aromatic rings. The molecule has 0 saturated heterocycles. The lowest BCUT2D eigenvalue weighted by atomic mass is 10.1. The maximum Gasteiger partial charge on any atom is 0.426 e. The summed E-state index contributed by atoms with van der Waals surface area (Å²) in [4.78, 5) is 14.0. The van der Waals surface area contributed by atoms with Crippen LogP contribution in [0.25, 0.3) is 0 Å². The van der Waals surface area contributed by atoms with E-state index in [1.54, 1.807) is 7.05 Å². The lowest BCUT2D eigenvalue weighted by molar-refractivity contribution is -0.390. The molecule has 0 spiro atoms. The molecule has 0 aromatic carbocycles. The number of hydrogen-bond donors (Lipinski definition) is 1. The summed E-state index contributed by atoms with van der Waals surface area (Å²) < 4.78 is 7.27. The Balaban J connectivity index is 2.17. The molecular weight excluding hydrogens is 236 g/mol. The van der Waals surface area contributed by atoms with Gasteiger partial charge in [-0.1, -0.05) is 12.8 Å². The molecule has 1 saturated carbocycles. The Labute approximate surface area is 105 Å². The van der Waals surface area contributed by atoms with Crippen molar-refractivity contribution in [2.24, 2.45) is 12.8 Å². The molecule has 2 N–H and O–H groups in total. The van der Waals surface area contributed by atoms with Gasteiger partial charge in [0, 0.05) is 13.1 Å². The van der Waals surface area contributed by atoms with Gasteiger partial charge < -0.3 is 20.6 Å². The molecule has 2 atom stereocenters. The minimum atomic E-state index is -0.530. The standard InChI is InChI=1S/C11H18N4O3/c1-14-7-13-10(15(16)17)11(14)18-9-6-4-2-3-5-8(9)12/h7-9H,2-6,12H2,1H3. The second-order valence-electron chi connectivity index (χ2n) is 4.70. The van der Waals surface area contributed by atoms with E-state index >= 15 is 0 Å². The summed E-state index contributed by atoms with van der Waals surface area (Å²) >= 11 is 0. The van der Waals surface area contributed by atoms with Crippen LogP contribution >= 0.6 is 0 Å². The first kappa shape index (κ1) is 12.8. The number of nitrogens with zero attached hydrogens (tertiary/aromatic N) is 3. The fourth-order valence-corrected chi connectivity index (χ4v) is 2.26. The number of rotatable bonds is 3. The molecule has 1 fully saturated rings. The van der Waals surface area contributed by atoms with Crippen molar-refractivity contribution in [2.45, 2.75) is 44.2 Å². The number of hydrogen-bond acceptors (Lipinski definition) is 5. The van der Waals surface area contributed by atoms with Crippen molar-refractivity contribution in [1.82, 2.24) is 9.55 Å². The summed E-state index contributed by atoms with van der Waals surface area (Å²) in [5.74, 6) is -0.0451. The minimum Gasteiger partial charge on any atom is -0.468 e. The van der Waals surface area contributed by atoms with Crippen LogP contribution in [0.2, 0.25) is 0 Å². The Morgan fingerprint density at radius 1 is 1.50 bits per heavy atom. The molecule has 1 aliphatic carbocycles. The van der Waals surface area contributed by atoms with Crippen molar-refractivity contribution in [3.8, 4) is 5.88 Å². The second kappa shape index (κ2) is 5.34. The van der Waals surface area contributed by atoms with Crippen LogP contribution in [-0.4, -0.2) is 26.6 Å². The first-order valence-corrected chi connectivity index (χ1v) is 6.17. The van der Waals surface area contributed by atoms with Gasteiger partial charge in [0.15, 0.2) is 0 Å². The second-order valence-corrected chi connectivity index (χ2v) is 4.70. The maximum absolute atomic E-state index is 10.8. The molecule has 1 aliphatic rings. The summed E-state index contributed by atoms with van der Waals surface area (Å²) in [6, 6.07) is -0.0676. The Bertz CT molecular complexity index is 432. The molecule has 2 rings (SSSR count). The number of aryl methyl sites for hydroxylation is 1. The van der Waals surface area contributed by atoms with E-state index in [0.29, 0.717) is 0 Å². The van der Waals surface area contributed by atoms with Crippen LogP contribution in [0.4, 0.5) is 5.82 Å². The molecule has 1 aromatic heterocycles. The average Bonchev–Trinajstić information content (AvgIpc) is 2.55. The van der Waals surface area contributed by atoms with Crippen molar-refractivity contribution in [3.63, 3.8) is 0 Å². The van der Waals surface area contributed by atoms with Crippen LogP contribution in [0.1, 0.15) is 32.1 Å². The van der Waals surface area contributed by atoms with Gasteiger partial charge in [-0.2, -0.15) is 0 Å². The van der Waals surface area contributed by atoms with Gasteiger partial charge in [-0.05, 0) is 29.2 Å². The summed E-state index contributed by atoms with van der Waals surface area (Å²) in [6.45, 7) is 0. The Kier molecular flexibility index (Phi) is 3.81. The van der Waals surface area contributed by atoms with Gasteiger partial charge in [-0.15, -0.1) is 0 Å². The smallest absolute Gasteiger partial charge is 0.426 e. The summed E-state index contributed by atoms with van der Waals surface area (Å²) in [5, 5.41) is 10.8. The van der Waals surface area contributed by atoms with E-state index in [1.807, 2.05) is 0 Å². The topological polar surface area (TPSA) is 96.2 Å². The van der Waals surface area contributed by atoms with E-state index in [-0.39, 0.29) is 23.8 Å². The van der Waals surface area contributed by atoms with Crippen LogP contribution < -0.4 is 10.5 Å². The Morgan fingerprint density at radius 2 is 2.22 bits per heavy atom. The van der Waals surface area contributed by atoms with E-state index in [2.05, 4.69) is 4.98 Å². The summed E-state index contributed by atoms with van der Waals surface area (Å²) in [6.07, 6.45) is 6.23. The molecule has 2 unspecified atom stereocenters. The third kappa shape index (κ3) is 2.61. The van der Waals surface area contributed by atoms with Crippen LogP contribution in [0.5, 0.6) is 5.88 Å². The maximum atomic E-state index is 10.8. The first-order valence-electron chi connectivity index (χ1n) is 6.17. The quantitative estimate of drug-likeness (QED) is 0.499. The summed E-state index contributed by atoms with van der Waals surface area (Å²) in [5.41, 5.74) is 6.05. The van der Waals surface area contributed by atoms with Crippen LogP contribution in [-0.2, 0) is 7.05 Å². The molecule has 7 heteroatoms. The minimum absolute atomic E-state index is 0.0676. The highest BCUT2D eigenvalue weighted by molar-refractivity contribution is 5.33. The van der Waals surface area contributed by atoms with Crippen molar-refractivity contribution in [3.05, 3.63) is 16.4 Å². The molecule has 100 valence electrons. The highest BCUT2D eigenvalue weighted by Gasteiger charge is 2.28. The Hall–Kier alpha value is -1.63. The lowest BCUT2D eigenvalue weighted by Crippen LogP contribution is -2.38. The molecule has 18 heavy (non-hydrogen) atoms. The van der Waals surface area contributed by atoms with Crippen molar-refractivity contribution < 1.29 is 9.66 Å².